The van der Waals surface area contributed by atoms with E-state index in [1.807, 2.05) is 44.2 Å². The minimum Gasteiger partial charge on any atom is -0.461 e. The van der Waals surface area contributed by atoms with Crippen molar-refractivity contribution in [3.63, 3.8) is 0 Å². The zero-order chi connectivity index (χ0) is 20.6. The molecule has 4 nitrogen and oxygen atoms in total. The highest BCUT2D eigenvalue weighted by Gasteiger charge is 2.28. The van der Waals surface area contributed by atoms with Gasteiger partial charge >= 0.3 is 5.97 Å². The third kappa shape index (κ3) is 6.18. The highest BCUT2D eigenvalue weighted by atomic mass is 16.5. The monoisotopic (exact) mass is 393 g/mol. The first-order valence-corrected chi connectivity index (χ1v) is 10.7. The van der Waals surface area contributed by atoms with Gasteiger partial charge < -0.3 is 10.1 Å². The number of hydrogen-bond acceptors (Lipinski definition) is 3. The van der Waals surface area contributed by atoms with Crippen molar-refractivity contribution in [1.29, 1.82) is 0 Å². The van der Waals surface area contributed by atoms with E-state index in [1.54, 1.807) is 0 Å². The fourth-order valence-corrected chi connectivity index (χ4v) is 3.86. The Kier molecular flexibility index (Phi) is 7.45. The minimum absolute atomic E-state index is 0.0126. The second kappa shape index (κ2) is 10.2. The van der Waals surface area contributed by atoms with Crippen LogP contribution < -0.4 is 5.32 Å². The van der Waals surface area contributed by atoms with E-state index < -0.39 is 6.04 Å². The maximum Gasteiger partial charge on any atom is 0.329 e. The summed E-state index contributed by atoms with van der Waals surface area (Å²) < 4.78 is 5.41. The molecule has 0 saturated heterocycles. The Morgan fingerprint density at radius 2 is 1.55 bits per heavy atom. The molecule has 0 bridgehead atoms. The van der Waals surface area contributed by atoms with Gasteiger partial charge in [0.05, 0.1) is 6.10 Å². The topological polar surface area (TPSA) is 55.4 Å². The number of nitrogens with one attached hydrogen (secondary N) is 1. The van der Waals surface area contributed by atoms with Crippen molar-refractivity contribution in [1.82, 2.24) is 5.32 Å². The number of carbonyl (C=O) groups is 2. The molecule has 4 heteroatoms. The number of benzene rings is 2. The van der Waals surface area contributed by atoms with Gasteiger partial charge in [0.2, 0.25) is 5.91 Å². The van der Waals surface area contributed by atoms with Gasteiger partial charge in [-0.3, -0.25) is 4.79 Å². The molecule has 2 aromatic rings. The Hall–Kier alpha value is -2.62. The van der Waals surface area contributed by atoms with Gasteiger partial charge in [-0.25, -0.2) is 4.79 Å². The Morgan fingerprint density at radius 1 is 0.931 bits per heavy atom. The molecule has 2 aromatic carbocycles. The molecule has 0 aliphatic heterocycles. The number of amides is 1. The van der Waals surface area contributed by atoms with Crippen molar-refractivity contribution in [2.24, 2.45) is 5.92 Å². The van der Waals surface area contributed by atoms with Crippen LogP contribution in [0.15, 0.2) is 54.6 Å². The number of carbonyl (C=O) groups excluding carboxylic acids is 2. The van der Waals surface area contributed by atoms with Gasteiger partial charge in [0.1, 0.15) is 6.04 Å². The van der Waals surface area contributed by atoms with Gasteiger partial charge in [-0.05, 0) is 43.4 Å². The second-order valence-electron chi connectivity index (χ2n) is 8.15. The predicted molar refractivity (Wildman–Crippen MR) is 115 cm³/mol. The summed E-state index contributed by atoms with van der Waals surface area (Å²) in [7, 11) is 0. The van der Waals surface area contributed by atoms with Gasteiger partial charge in [0, 0.05) is 12.3 Å². The van der Waals surface area contributed by atoms with Crippen LogP contribution in [0.5, 0.6) is 0 Å². The molecular formula is C25H31NO3. The van der Waals surface area contributed by atoms with Crippen molar-refractivity contribution in [3.8, 4) is 11.1 Å². The van der Waals surface area contributed by atoms with E-state index in [2.05, 4.69) is 29.6 Å². The Balaban J connectivity index is 1.70. The molecule has 0 aromatic heterocycles. The molecule has 1 fully saturated rings. The lowest BCUT2D eigenvalue weighted by atomic mass is 9.88. The standard InChI is InChI=1S/C25H31NO3/c1-18(2)29-25(28)23(26-24(27)22-11-7-4-8-12-22)17-19-13-15-21(16-14-19)20-9-5-3-6-10-20/h3,5-6,9-10,13-16,18,22-23H,4,7-8,11-12,17H2,1-2H3,(H,26,27). The second-order valence-corrected chi connectivity index (χ2v) is 8.15. The zero-order valence-corrected chi connectivity index (χ0v) is 17.4. The Bertz CT molecular complexity index is 793. The summed E-state index contributed by atoms with van der Waals surface area (Å²) in [5.74, 6) is -0.369. The van der Waals surface area contributed by atoms with E-state index in [9.17, 15) is 9.59 Å². The van der Waals surface area contributed by atoms with Crippen LogP contribution in [0.2, 0.25) is 0 Å². The largest absolute Gasteiger partial charge is 0.461 e. The summed E-state index contributed by atoms with van der Waals surface area (Å²) in [4.78, 5) is 25.3. The van der Waals surface area contributed by atoms with Crippen molar-refractivity contribution in [2.75, 3.05) is 0 Å². The van der Waals surface area contributed by atoms with Crippen LogP contribution in [0.25, 0.3) is 11.1 Å². The Labute approximate surface area is 173 Å². The highest BCUT2D eigenvalue weighted by molar-refractivity contribution is 5.86. The van der Waals surface area contributed by atoms with E-state index in [4.69, 9.17) is 4.74 Å². The smallest absolute Gasteiger partial charge is 0.329 e. The zero-order valence-electron chi connectivity index (χ0n) is 17.4. The van der Waals surface area contributed by atoms with Gasteiger partial charge in [-0.1, -0.05) is 73.9 Å². The molecule has 1 amide bonds. The summed E-state index contributed by atoms with van der Waals surface area (Å²) >= 11 is 0. The van der Waals surface area contributed by atoms with Crippen molar-refractivity contribution < 1.29 is 14.3 Å². The van der Waals surface area contributed by atoms with E-state index in [0.717, 1.165) is 42.4 Å². The van der Waals surface area contributed by atoms with Crippen molar-refractivity contribution in [3.05, 3.63) is 60.2 Å². The lowest BCUT2D eigenvalue weighted by molar-refractivity contribution is -0.151. The first kappa shape index (κ1) is 21.1. The lowest BCUT2D eigenvalue weighted by Gasteiger charge is -2.25. The average Bonchev–Trinajstić information content (AvgIpc) is 2.74. The first-order valence-electron chi connectivity index (χ1n) is 10.7. The molecule has 0 heterocycles. The average molecular weight is 394 g/mol. The molecular weight excluding hydrogens is 362 g/mol. The number of ether oxygens (including phenoxy) is 1. The fraction of sp³-hybridized carbons (Fsp3) is 0.440. The summed E-state index contributed by atoms with van der Waals surface area (Å²) in [5, 5.41) is 2.97. The lowest BCUT2D eigenvalue weighted by Crippen LogP contribution is -2.46. The molecule has 1 atom stereocenters. The van der Waals surface area contributed by atoms with Gasteiger partial charge in [0.25, 0.3) is 0 Å². The quantitative estimate of drug-likeness (QED) is 0.680. The van der Waals surface area contributed by atoms with Gasteiger partial charge in [-0.15, -0.1) is 0 Å². The van der Waals surface area contributed by atoms with Crippen LogP contribution in [0, 0.1) is 5.92 Å². The van der Waals surface area contributed by atoms with E-state index in [1.165, 1.54) is 6.42 Å². The molecule has 1 aliphatic carbocycles. The molecule has 1 saturated carbocycles. The summed E-state index contributed by atoms with van der Waals surface area (Å²) in [6.45, 7) is 3.65. The molecule has 0 spiro atoms. The SMILES string of the molecule is CC(C)OC(=O)C(Cc1ccc(-c2ccccc2)cc1)NC(=O)C1CCCCC1. The molecule has 3 rings (SSSR count). The van der Waals surface area contributed by atoms with Crippen LogP contribution in [0.3, 0.4) is 0 Å². The molecule has 0 radical (unpaired) electrons. The van der Waals surface area contributed by atoms with E-state index in [-0.39, 0.29) is 23.9 Å². The van der Waals surface area contributed by atoms with Crippen LogP contribution >= 0.6 is 0 Å². The highest BCUT2D eigenvalue weighted by Crippen LogP contribution is 2.24. The predicted octanol–water partition coefficient (Wildman–Crippen LogP) is 4.91. The summed E-state index contributed by atoms with van der Waals surface area (Å²) in [6.07, 6.45) is 5.39. The first-order chi connectivity index (χ1) is 14.0. The number of esters is 1. The molecule has 29 heavy (non-hydrogen) atoms. The molecule has 1 aliphatic rings. The third-order valence-electron chi connectivity index (χ3n) is 5.43. The van der Waals surface area contributed by atoms with Crippen LogP contribution in [-0.4, -0.2) is 24.0 Å². The maximum atomic E-state index is 12.7. The van der Waals surface area contributed by atoms with Crippen LogP contribution in [0.4, 0.5) is 0 Å². The molecule has 154 valence electrons. The van der Waals surface area contributed by atoms with Crippen LogP contribution in [0.1, 0.15) is 51.5 Å². The Morgan fingerprint density at radius 3 is 2.17 bits per heavy atom. The summed E-state index contributed by atoms with van der Waals surface area (Å²) in [5.41, 5.74) is 3.28. The minimum atomic E-state index is -0.658. The van der Waals surface area contributed by atoms with Crippen molar-refractivity contribution in [2.45, 2.75) is 64.5 Å². The third-order valence-corrected chi connectivity index (χ3v) is 5.43. The maximum absolute atomic E-state index is 12.7. The number of rotatable bonds is 7. The summed E-state index contributed by atoms with van der Waals surface area (Å²) in [6, 6.07) is 17.7. The molecule has 1 N–H and O–H groups in total. The van der Waals surface area contributed by atoms with Crippen LogP contribution in [-0.2, 0) is 20.7 Å². The van der Waals surface area contributed by atoms with E-state index >= 15 is 0 Å². The van der Waals surface area contributed by atoms with Crippen molar-refractivity contribution >= 4 is 11.9 Å². The number of hydrogen-bond donors (Lipinski definition) is 1. The van der Waals surface area contributed by atoms with E-state index in [0.29, 0.717) is 6.42 Å². The normalized spacial score (nSPS) is 15.7. The van der Waals surface area contributed by atoms with Gasteiger partial charge in [0.15, 0.2) is 0 Å². The fourth-order valence-electron chi connectivity index (χ4n) is 3.86. The molecule has 1 unspecified atom stereocenters. The van der Waals surface area contributed by atoms with Gasteiger partial charge in [-0.2, -0.15) is 0 Å².